The molecule has 122 valence electrons. The lowest BCUT2D eigenvalue weighted by atomic mass is 9.79. The second-order valence-corrected chi connectivity index (χ2v) is 6.48. The molecular weight excluding hydrogens is 296 g/mol. The Labute approximate surface area is 134 Å². The first-order valence-electron chi connectivity index (χ1n) is 7.82. The Hall–Kier alpha value is -2.28. The Kier molecular flexibility index (Phi) is 4.12. The van der Waals surface area contributed by atoms with Crippen LogP contribution in [0.1, 0.15) is 32.6 Å². The molecule has 1 heterocycles. The van der Waals surface area contributed by atoms with Crippen LogP contribution >= 0.6 is 0 Å². The van der Waals surface area contributed by atoms with Crippen molar-refractivity contribution in [1.29, 1.82) is 0 Å². The van der Waals surface area contributed by atoms with Crippen molar-refractivity contribution < 1.29 is 10.0 Å². The van der Waals surface area contributed by atoms with Gasteiger partial charge in [0, 0.05) is 17.7 Å². The van der Waals surface area contributed by atoms with E-state index in [1.165, 1.54) is 12.1 Å². The summed E-state index contributed by atoms with van der Waals surface area (Å²) in [7, 11) is 0. The fourth-order valence-electron chi connectivity index (χ4n) is 3.02. The number of non-ortho nitro benzene ring substituents is 1. The molecule has 1 aromatic heterocycles. The molecule has 2 aromatic rings. The zero-order chi connectivity index (χ0) is 16.4. The summed E-state index contributed by atoms with van der Waals surface area (Å²) >= 11 is 0. The summed E-state index contributed by atoms with van der Waals surface area (Å²) in [5.41, 5.74) is -0.124. The summed E-state index contributed by atoms with van der Waals surface area (Å²) in [6.45, 7) is 2.61. The van der Waals surface area contributed by atoms with Gasteiger partial charge in [-0.15, -0.1) is 0 Å². The normalized spacial score (nSPS) is 24.5. The molecule has 1 aromatic carbocycles. The van der Waals surface area contributed by atoms with Crippen molar-refractivity contribution in [2.75, 3.05) is 0 Å². The summed E-state index contributed by atoms with van der Waals surface area (Å²) in [6, 6.07) is 6.25. The van der Waals surface area contributed by atoms with Gasteiger partial charge in [-0.05, 0) is 31.6 Å². The third kappa shape index (κ3) is 3.56. The van der Waals surface area contributed by atoms with Gasteiger partial charge in [0.05, 0.1) is 17.1 Å². The second-order valence-electron chi connectivity index (χ2n) is 6.48. The van der Waals surface area contributed by atoms with E-state index >= 15 is 0 Å². The first-order valence-corrected chi connectivity index (χ1v) is 7.82. The van der Waals surface area contributed by atoms with Gasteiger partial charge < -0.3 is 5.11 Å². The summed E-state index contributed by atoms with van der Waals surface area (Å²) in [5, 5.41) is 25.9. The fourth-order valence-corrected chi connectivity index (χ4v) is 3.02. The highest BCUT2D eigenvalue weighted by molar-refractivity contribution is 5.58. The van der Waals surface area contributed by atoms with Crippen molar-refractivity contribution in [2.45, 2.75) is 44.8 Å². The molecule has 1 aliphatic carbocycles. The first kappa shape index (κ1) is 15.6. The lowest BCUT2D eigenvalue weighted by Gasteiger charge is -2.34. The van der Waals surface area contributed by atoms with E-state index in [-0.39, 0.29) is 5.69 Å². The minimum atomic E-state index is -0.736. The van der Waals surface area contributed by atoms with Gasteiger partial charge in [0.25, 0.3) is 5.69 Å². The Bertz CT molecular complexity index is 705. The van der Waals surface area contributed by atoms with Crippen LogP contribution in [-0.4, -0.2) is 30.4 Å². The van der Waals surface area contributed by atoms with Crippen LogP contribution in [0.2, 0.25) is 0 Å². The molecule has 0 atom stereocenters. The van der Waals surface area contributed by atoms with Gasteiger partial charge in [0.2, 0.25) is 0 Å². The number of hydrogen-bond acceptors (Lipinski definition) is 5. The third-order valence-corrected chi connectivity index (χ3v) is 4.51. The van der Waals surface area contributed by atoms with Crippen molar-refractivity contribution in [1.82, 2.24) is 14.8 Å². The monoisotopic (exact) mass is 316 g/mol. The fraction of sp³-hybridized carbons (Fsp3) is 0.500. The molecule has 0 radical (unpaired) electrons. The molecule has 0 saturated heterocycles. The van der Waals surface area contributed by atoms with E-state index in [0.29, 0.717) is 23.9 Å². The van der Waals surface area contributed by atoms with Crippen molar-refractivity contribution in [2.24, 2.45) is 5.92 Å². The molecule has 7 heteroatoms. The zero-order valence-corrected chi connectivity index (χ0v) is 13.1. The van der Waals surface area contributed by atoms with E-state index in [0.717, 1.165) is 25.7 Å². The average molecular weight is 316 g/mol. The molecule has 0 aliphatic heterocycles. The molecule has 1 aliphatic rings. The largest absolute Gasteiger partial charge is 0.388 e. The number of rotatable bonds is 4. The summed E-state index contributed by atoms with van der Waals surface area (Å²) in [4.78, 5) is 14.6. The molecular formula is C16H20N4O3. The minimum Gasteiger partial charge on any atom is -0.388 e. The number of nitrogens with zero attached hydrogens (tertiary/aromatic N) is 4. The highest BCUT2D eigenvalue weighted by Crippen LogP contribution is 2.33. The maximum absolute atomic E-state index is 10.8. The van der Waals surface area contributed by atoms with Crippen LogP contribution in [0, 0.1) is 16.0 Å². The van der Waals surface area contributed by atoms with Crippen LogP contribution in [0.5, 0.6) is 0 Å². The second kappa shape index (κ2) is 6.08. The molecule has 0 spiro atoms. The molecule has 0 unspecified atom stereocenters. The maximum atomic E-state index is 10.8. The Morgan fingerprint density at radius 2 is 2.17 bits per heavy atom. The van der Waals surface area contributed by atoms with Crippen LogP contribution in [-0.2, 0) is 6.54 Å². The predicted octanol–water partition coefficient (Wildman–Crippen LogP) is 2.79. The molecule has 1 fully saturated rings. The summed E-state index contributed by atoms with van der Waals surface area (Å²) in [6.07, 6.45) is 5.14. The molecule has 1 saturated carbocycles. The van der Waals surface area contributed by atoms with E-state index in [1.54, 1.807) is 23.1 Å². The zero-order valence-electron chi connectivity index (χ0n) is 13.1. The van der Waals surface area contributed by atoms with E-state index in [4.69, 9.17) is 0 Å². The van der Waals surface area contributed by atoms with Crippen LogP contribution in [0.25, 0.3) is 11.4 Å². The predicted molar refractivity (Wildman–Crippen MR) is 84.7 cm³/mol. The number of nitro groups is 1. The Morgan fingerprint density at radius 1 is 1.43 bits per heavy atom. The standard InChI is InChI=1S/C16H20N4O3/c1-12-5-7-16(21,8-6-12)10-19-11-17-15(18-19)13-3-2-4-14(9-13)20(22)23/h2-4,9,11-12,21H,5-8,10H2,1H3. The van der Waals surface area contributed by atoms with Gasteiger partial charge in [-0.3, -0.25) is 10.1 Å². The van der Waals surface area contributed by atoms with Gasteiger partial charge in [-0.25, -0.2) is 9.67 Å². The molecule has 3 rings (SSSR count). The van der Waals surface area contributed by atoms with Crippen molar-refractivity contribution in [3.8, 4) is 11.4 Å². The van der Waals surface area contributed by atoms with Gasteiger partial charge in [-0.2, -0.15) is 5.10 Å². The lowest BCUT2D eigenvalue weighted by Crippen LogP contribution is -2.38. The number of aliphatic hydroxyl groups is 1. The van der Waals surface area contributed by atoms with Crippen LogP contribution in [0.4, 0.5) is 5.69 Å². The Morgan fingerprint density at radius 3 is 2.87 bits per heavy atom. The number of benzene rings is 1. The lowest BCUT2D eigenvalue weighted by molar-refractivity contribution is -0.384. The molecule has 23 heavy (non-hydrogen) atoms. The number of nitro benzene ring substituents is 1. The van der Waals surface area contributed by atoms with E-state index < -0.39 is 10.5 Å². The maximum Gasteiger partial charge on any atom is 0.270 e. The first-order chi connectivity index (χ1) is 11.0. The molecule has 1 N–H and O–H groups in total. The quantitative estimate of drug-likeness (QED) is 0.691. The van der Waals surface area contributed by atoms with E-state index in [2.05, 4.69) is 17.0 Å². The SMILES string of the molecule is CC1CCC(O)(Cn2cnc(-c3cccc([N+](=O)[O-])c3)n2)CC1. The molecule has 0 bridgehead atoms. The topological polar surface area (TPSA) is 94.1 Å². The smallest absolute Gasteiger partial charge is 0.270 e. The van der Waals surface area contributed by atoms with Crippen molar-refractivity contribution in [3.63, 3.8) is 0 Å². The Balaban J connectivity index is 1.76. The summed E-state index contributed by atoms with van der Waals surface area (Å²) < 4.78 is 1.63. The van der Waals surface area contributed by atoms with Crippen LogP contribution < -0.4 is 0 Å². The van der Waals surface area contributed by atoms with E-state index in [9.17, 15) is 15.2 Å². The van der Waals surface area contributed by atoms with Gasteiger partial charge in [-0.1, -0.05) is 19.1 Å². The minimum absolute atomic E-state index is 0.0127. The van der Waals surface area contributed by atoms with Crippen LogP contribution in [0.3, 0.4) is 0 Å². The van der Waals surface area contributed by atoms with Crippen molar-refractivity contribution in [3.05, 3.63) is 40.7 Å². The average Bonchev–Trinajstić information content (AvgIpc) is 2.99. The van der Waals surface area contributed by atoms with Gasteiger partial charge in [0.15, 0.2) is 5.82 Å². The molecule has 7 nitrogen and oxygen atoms in total. The van der Waals surface area contributed by atoms with Crippen molar-refractivity contribution >= 4 is 5.69 Å². The summed E-state index contributed by atoms with van der Waals surface area (Å²) in [5.74, 6) is 1.09. The third-order valence-electron chi connectivity index (χ3n) is 4.51. The van der Waals surface area contributed by atoms with Gasteiger partial charge in [0.1, 0.15) is 6.33 Å². The number of aromatic nitrogens is 3. The number of hydrogen-bond donors (Lipinski definition) is 1. The highest BCUT2D eigenvalue weighted by Gasteiger charge is 2.32. The van der Waals surface area contributed by atoms with E-state index in [1.807, 2.05) is 0 Å². The highest BCUT2D eigenvalue weighted by atomic mass is 16.6. The van der Waals surface area contributed by atoms with Gasteiger partial charge >= 0.3 is 0 Å². The molecule has 0 amide bonds. The van der Waals surface area contributed by atoms with Crippen LogP contribution in [0.15, 0.2) is 30.6 Å².